The van der Waals surface area contributed by atoms with Gasteiger partial charge in [0.2, 0.25) is 5.91 Å². The van der Waals surface area contributed by atoms with Crippen LogP contribution in [0.25, 0.3) is 0 Å². The quantitative estimate of drug-likeness (QED) is 0.673. The number of hydrogen-bond donors (Lipinski definition) is 3. The van der Waals surface area contributed by atoms with Crippen molar-refractivity contribution in [1.29, 1.82) is 0 Å². The molecule has 6 heteroatoms. The molecule has 0 fully saturated rings. The third-order valence-electron chi connectivity index (χ3n) is 3.93. The standard InChI is InChI=1S/C18H20BrNO4/c1-24-17-10-15(19)12(9-16(17)22)4-5-13(18(20)23)8-11-2-6-14(21)7-3-11/h2-3,6-7,9-10,13,21-22H,4-5,8H2,1H3,(H2,20,23). The first kappa shape index (κ1) is 18.1. The molecule has 128 valence electrons. The number of amides is 1. The van der Waals surface area contributed by atoms with Gasteiger partial charge in [-0.15, -0.1) is 0 Å². The Labute approximate surface area is 149 Å². The number of ether oxygens (including phenoxy) is 1. The topological polar surface area (TPSA) is 92.8 Å². The minimum atomic E-state index is -0.364. The second-order valence-electron chi connectivity index (χ2n) is 5.62. The zero-order valence-electron chi connectivity index (χ0n) is 13.3. The molecule has 2 aromatic carbocycles. The zero-order chi connectivity index (χ0) is 17.7. The van der Waals surface area contributed by atoms with E-state index in [9.17, 15) is 15.0 Å². The number of primary amides is 1. The molecule has 0 aliphatic carbocycles. The van der Waals surface area contributed by atoms with Gasteiger partial charge in [-0.3, -0.25) is 4.79 Å². The van der Waals surface area contributed by atoms with Crippen LogP contribution in [-0.2, 0) is 17.6 Å². The number of nitrogens with two attached hydrogens (primary N) is 1. The zero-order valence-corrected chi connectivity index (χ0v) is 14.9. The van der Waals surface area contributed by atoms with Gasteiger partial charge in [0.15, 0.2) is 11.5 Å². The number of aryl methyl sites for hydroxylation is 1. The second-order valence-corrected chi connectivity index (χ2v) is 6.48. The van der Waals surface area contributed by atoms with Crippen molar-refractivity contribution in [2.24, 2.45) is 11.7 Å². The molecule has 0 saturated heterocycles. The van der Waals surface area contributed by atoms with Crippen LogP contribution in [-0.4, -0.2) is 23.2 Å². The molecule has 0 spiro atoms. The fourth-order valence-corrected chi connectivity index (χ4v) is 3.05. The van der Waals surface area contributed by atoms with Crippen molar-refractivity contribution in [2.75, 3.05) is 7.11 Å². The number of phenolic OH excluding ortho intramolecular Hbond substituents is 2. The van der Waals surface area contributed by atoms with Gasteiger partial charge in [-0.2, -0.15) is 0 Å². The fourth-order valence-electron chi connectivity index (χ4n) is 2.53. The predicted octanol–water partition coefficient (Wildman–Crippen LogP) is 3.15. The average molecular weight is 394 g/mol. The number of benzene rings is 2. The lowest BCUT2D eigenvalue weighted by Gasteiger charge is -2.15. The minimum Gasteiger partial charge on any atom is -0.508 e. The van der Waals surface area contributed by atoms with Gasteiger partial charge in [0.05, 0.1) is 7.11 Å². The molecule has 0 radical (unpaired) electrons. The first-order chi connectivity index (χ1) is 11.4. The number of aromatic hydroxyl groups is 2. The van der Waals surface area contributed by atoms with Crippen LogP contribution in [0.4, 0.5) is 0 Å². The highest BCUT2D eigenvalue weighted by molar-refractivity contribution is 9.10. The van der Waals surface area contributed by atoms with Gasteiger partial charge < -0.3 is 20.7 Å². The van der Waals surface area contributed by atoms with Gasteiger partial charge in [0.25, 0.3) is 0 Å². The Hall–Kier alpha value is -2.21. The Kier molecular flexibility index (Phi) is 6.09. The first-order valence-electron chi connectivity index (χ1n) is 7.53. The van der Waals surface area contributed by atoms with E-state index < -0.39 is 0 Å². The molecule has 1 atom stereocenters. The largest absolute Gasteiger partial charge is 0.508 e. The summed E-state index contributed by atoms with van der Waals surface area (Å²) in [4.78, 5) is 11.7. The van der Waals surface area contributed by atoms with Gasteiger partial charge in [-0.1, -0.05) is 28.1 Å². The lowest BCUT2D eigenvalue weighted by molar-refractivity contribution is -0.121. The Balaban J connectivity index is 2.07. The van der Waals surface area contributed by atoms with Crippen molar-refractivity contribution >= 4 is 21.8 Å². The van der Waals surface area contributed by atoms with E-state index in [2.05, 4.69) is 15.9 Å². The molecule has 2 rings (SSSR count). The van der Waals surface area contributed by atoms with E-state index in [-0.39, 0.29) is 23.3 Å². The molecule has 0 aliphatic heterocycles. The van der Waals surface area contributed by atoms with E-state index in [1.807, 2.05) is 0 Å². The van der Waals surface area contributed by atoms with Gasteiger partial charge in [0.1, 0.15) is 5.75 Å². The molecular formula is C18H20BrNO4. The maximum atomic E-state index is 11.7. The molecule has 24 heavy (non-hydrogen) atoms. The van der Waals surface area contributed by atoms with Crippen molar-refractivity contribution < 1.29 is 19.7 Å². The summed E-state index contributed by atoms with van der Waals surface area (Å²) < 4.78 is 5.87. The molecule has 0 heterocycles. The number of rotatable bonds is 7. The highest BCUT2D eigenvalue weighted by Gasteiger charge is 2.17. The summed E-state index contributed by atoms with van der Waals surface area (Å²) in [5.74, 6) is -0.0549. The summed E-state index contributed by atoms with van der Waals surface area (Å²) in [6.07, 6.45) is 1.65. The molecule has 1 unspecified atom stereocenters. The second kappa shape index (κ2) is 8.06. The summed E-state index contributed by atoms with van der Waals surface area (Å²) in [6, 6.07) is 10.1. The summed E-state index contributed by atoms with van der Waals surface area (Å²) in [5.41, 5.74) is 7.34. The minimum absolute atomic E-state index is 0.0601. The fraction of sp³-hybridized carbons (Fsp3) is 0.278. The molecule has 2 aromatic rings. The summed E-state index contributed by atoms with van der Waals surface area (Å²) in [7, 11) is 1.49. The van der Waals surface area contributed by atoms with Crippen molar-refractivity contribution in [1.82, 2.24) is 0 Å². The van der Waals surface area contributed by atoms with Crippen LogP contribution in [0.15, 0.2) is 40.9 Å². The van der Waals surface area contributed by atoms with E-state index in [0.717, 1.165) is 15.6 Å². The molecule has 1 amide bonds. The van der Waals surface area contributed by atoms with Gasteiger partial charge in [0, 0.05) is 10.4 Å². The lowest BCUT2D eigenvalue weighted by atomic mass is 9.92. The third-order valence-corrected chi connectivity index (χ3v) is 4.67. The van der Waals surface area contributed by atoms with Gasteiger partial charge in [-0.25, -0.2) is 0 Å². The van der Waals surface area contributed by atoms with E-state index in [0.29, 0.717) is 25.0 Å². The number of methoxy groups -OCH3 is 1. The number of hydrogen-bond acceptors (Lipinski definition) is 4. The number of phenols is 2. The predicted molar refractivity (Wildman–Crippen MR) is 95.2 cm³/mol. The van der Waals surface area contributed by atoms with Crippen LogP contribution in [0.1, 0.15) is 17.5 Å². The number of carbonyl (C=O) groups excluding carboxylic acids is 1. The molecule has 0 aromatic heterocycles. The first-order valence-corrected chi connectivity index (χ1v) is 8.32. The molecule has 0 saturated carbocycles. The maximum Gasteiger partial charge on any atom is 0.220 e. The van der Waals surface area contributed by atoms with Crippen molar-refractivity contribution in [2.45, 2.75) is 19.3 Å². The summed E-state index contributed by atoms with van der Waals surface area (Å²) in [5, 5.41) is 19.2. The molecule has 0 bridgehead atoms. The molecule has 0 aliphatic rings. The van der Waals surface area contributed by atoms with Gasteiger partial charge in [-0.05, 0) is 54.7 Å². The van der Waals surface area contributed by atoms with Crippen LogP contribution >= 0.6 is 15.9 Å². The van der Waals surface area contributed by atoms with Crippen LogP contribution < -0.4 is 10.5 Å². The molecule has 4 N–H and O–H groups in total. The number of halogens is 1. The van der Waals surface area contributed by atoms with Crippen LogP contribution in [0, 0.1) is 5.92 Å². The Bertz CT molecular complexity index is 716. The van der Waals surface area contributed by atoms with E-state index >= 15 is 0 Å². The third kappa shape index (κ3) is 4.64. The number of carbonyl (C=O) groups is 1. The van der Waals surface area contributed by atoms with Gasteiger partial charge >= 0.3 is 0 Å². The summed E-state index contributed by atoms with van der Waals surface area (Å²) >= 11 is 3.45. The molecular weight excluding hydrogens is 374 g/mol. The lowest BCUT2D eigenvalue weighted by Crippen LogP contribution is -2.25. The highest BCUT2D eigenvalue weighted by Crippen LogP contribution is 2.33. The van der Waals surface area contributed by atoms with Crippen molar-refractivity contribution in [3.8, 4) is 17.2 Å². The Morgan fingerprint density at radius 3 is 2.50 bits per heavy atom. The monoisotopic (exact) mass is 393 g/mol. The Morgan fingerprint density at radius 2 is 1.92 bits per heavy atom. The van der Waals surface area contributed by atoms with Crippen molar-refractivity contribution in [3.63, 3.8) is 0 Å². The SMILES string of the molecule is COc1cc(Br)c(CCC(Cc2ccc(O)cc2)C(N)=O)cc1O. The smallest absolute Gasteiger partial charge is 0.220 e. The van der Waals surface area contributed by atoms with Crippen LogP contribution in [0.2, 0.25) is 0 Å². The molecule has 5 nitrogen and oxygen atoms in total. The average Bonchev–Trinajstić information content (AvgIpc) is 2.55. The maximum absolute atomic E-state index is 11.7. The highest BCUT2D eigenvalue weighted by atomic mass is 79.9. The van der Waals surface area contributed by atoms with E-state index in [1.54, 1.807) is 36.4 Å². The van der Waals surface area contributed by atoms with Crippen LogP contribution in [0.5, 0.6) is 17.2 Å². The Morgan fingerprint density at radius 1 is 1.25 bits per heavy atom. The van der Waals surface area contributed by atoms with E-state index in [4.69, 9.17) is 10.5 Å². The van der Waals surface area contributed by atoms with Crippen molar-refractivity contribution in [3.05, 3.63) is 52.0 Å². The van der Waals surface area contributed by atoms with E-state index in [1.165, 1.54) is 7.11 Å². The summed E-state index contributed by atoms with van der Waals surface area (Å²) in [6.45, 7) is 0. The van der Waals surface area contributed by atoms with Crippen LogP contribution in [0.3, 0.4) is 0 Å². The normalized spacial score (nSPS) is 11.9.